The number of anilines is 2. The summed E-state index contributed by atoms with van der Waals surface area (Å²) in [6.45, 7) is 1.23. The van der Waals surface area contributed by atoms with Crippen molar-refractivity contribution < 1.29 is 14.0 Å². The van der Waals surface area contributed by atoms with Crippen LogP contribution in [0.4, 0.5) is 15.8 Å². The molecule has 0 aliphatic rings. The van der Waals surface area contributed by atoms with E-state index in [4.69, 9.17) is 11.6 Å². The summed E-state index contributed by atoms with van der Waals surface area (Å²) in [7, 11) is 1.50. The number of nitrogens with one attached hydrogen (secondary N) is 2. The smallest absolute Gasteiger partial charge is 0.269 e. The van der Waals surface area contributed by atoms with E-state index in [9.17, 15) is 18.8 Å². The molecule has 2 amide bonds. The van der Waals surface area contributed by atoms with Crippen molar-refractivity contribution in [2.75, 3.05) is 10.6 Å². The molecule has 0 fully saturated rings. The van der Waals surface area contributed by atoms with Gasteiger partial charge in [-0.25, -0.2) is 4.39 Å². The second-order valence-corrected chi connectivity index (χ2v) is 5.23. The van der Waals surface area contributed by atoms with Gasteiger partial charge in [-0.15, -0.1) is 0 Å². The fourth-order valence-corrected chi connectivity index (χ4v) is 2.15. The number of hydrogen-bond acceptors (Lipinski definition) is 3. The number of halogens is 2. The van der Waals surface area contributed by atoms with Gasteiger partial charge in [-0.05, 0) is 24.3 Å². The molecular weight excluding hydrogens is 325 g/mol. The molecule has 0 aliphatic carbocycles. The molecule has 0 spiro atoms. The first-order chi connectivity index (χ1) is 10.8. The average molecular weight is 338 g/mol. The minimum absolute atomic E-state index is 0.0386. The summed E-state index contributed by atoms with van der Waals surface area (Å²) in [6.07, 6.45) is 1.41. The van der Waals surface area contributed by atoms with Gasteiger partial charge in [0, 0.05) is 25.7 Å². The third-order valence-corrected chi connectivity index (χ3v) is 3.21. The monoisotopic (exact) mass is 337 g/mol. The fraction of sp³-hybridized carbons (Fsp3) is 0.133. The molecule has 120 valence electrons. The van der Waals surface area contributed by atoms with Crippen LogP contribution in [0, 0.1) is 5.82 Å². The van der Waals surface area contributed by atoms with E-state index in [0.29, 0.717) is 5.69 Å². The first kappa shape index (κ1) is 16.7. The number of nitrogens with zero attached hydrogens (tertiary/aromatic N) is 1. The largest absolute Gasteiger partial charge is 0.324 e. The van der Waals surface area contributed by atoms with Crippen LogP contribution in [0.25, 0.3) is 0 Å². The number of rotatable bonds is 3. The van der Waals surface area contributed by atoms with Crippen LogP contribution in [0.2, 0.25) is 5.02 Å². The third-order valence-electron chi connectivity index (χ3n) is 2.94. The number of carbonyl (C=O) groups is 2. The molecule has 2 rings (SSSR count). The highest BCUT2D eigenvalue weighted by Gasteiger charge is 2.12. The highest BCUT2D eigenvalue weighted by Crippen LogP contribution is 2.18. The maximum Gasteiger partial charge on any atom is 0.269 e. The zero-order chi connectivity index (χ0) is 17.1. The molecule has 2 N–H and O–H groups in total. The van der Waals surface area contributed by atoms with Gasteiger partial charge in [-0.1, -0.05) is 11.6 Å². The lowest BCUT2D eigenvalue weighted by atomic mass is 10.1. The second kappa shape index (κ2) is 6.62. The lowest BCUT2D eigenvalue weighted by Crippen LogP contribution is -2.19. The van der Waals surface area contributed by atoms with Crippen LogP contribution in [0.1, 0.15) is 17.3 Å². The summed E-state index contributed by atoms with van der Waals surface area (Å²) in [4.78, 5) is 34.7. The van der Waals surface area contributed by atoms with E-state index in [1.165, 1.54) is 42.9 Å². The standard InChI is InChI=1S/C15H13ClFN3O3/c1-8(21)18-13-5-9(3-4-12(13)17)14(22)19-10-6-11(16)15(23)20(2)7-10/h3-7H,1-2H3,(H,18,21)(H,19,22). The lowest BCUT2D eigenvalue weighted by Gasteiger charge is -2.09. The van der Waals surface area contributed by atoms with E-state index in [1.54, 1.807) is 0 Å². The van der Waals surface area contributed by atoms with Crippen LogP contribution in [-0.2, 0) is 11.8 Å². The van der Waals surface area contributed by atoms with E-state index in [0.717, 1.165) is 6.07 Å². The van der Waals surface area contributed by atoms with Gasteiger partial charge in [0.25, 0.3) is 11.5 Å². The van der Waals surface area contributed by atoms with Crippen molar-refractivity contribution in [3.8, 4) is 0 Å². The lowest BCUT2D eigenvalue weighted by molar-refractivity contribution is -0.114. The van der Waals surface area contributed by atoms with Gasteiger partial charge in [-0.2, -0.15) is 0 Å². The summed E-state index contributed by atoms with van der Waals surface area (Å²) in [5.74, 6) is -1.64. The van der Waals surface area contributed by atoms with Gasteiger partial charge in [0.05, 0.1) is 11.4 Å². The van der Waals surface area contributed by atoms with Crippen molar-refractivity contribution >= 4 is 34.8 Å². The van der Waals surface area contributed by atoms with Crippen molar-refractivity contribution in [2.45, 2.75) is 6.92 Å². The zero-order valence-electron chi connectivity index (χ0n) is 12.3. The van der Waals surface area contributed by atoms with Crippen LogP contribution in [0.15, 0.2) is 35.3 Å². The van der Waals surface area contributed by atoms with Gasteiger partial charge >= 0.3 is 0 Å². The van der Waals surface area contributed by atoms with Gasteiger partial charge in [0.1, 0.15) is 10.8 Å². The zero-order valence-corrected chi connectivity index (χ0v) is 13.1. The van der Waals surface area contributed by atoms with E-state index in [2.05, 4.69) is 10.6 Å². The van der Waals surface area contributed by atoms with Crippen molar-refractivity contribution in [1.82, 2.24) is 4.57 Å². The summed E-state index contributed by atoms with van der Waals surface area (Å²) in [6, 6.07) is 4.89. The maximum atomic E-state index is 13.6. The van der Waals surface area contributed by atoms with Crippen LogP contribution in [0.5, 0.6) is 0 Å². The molecule has 0 radical (unpaired) electrons. The normalized spacial score (nSPS) is 10.3. The molecule has 0 saturated heterocycles. The third kappa shape index (κ3) is 3.95. The number of amides is 2. The molecule has 1 aromatic carbocycles. The molecule has 8 heteroatoms. The van der Waals surface area contributed by atoms with Crippen molar-refractivity contribution in [1.29, 1.82) is 0 Å². The number of benzene rings is 1. The molecular formula is C15H13ClFN3O3. The minimum Gasteiger partial charge on any atom is -0.324 e. The van der Waals surface area contributed by atoms with E-state index in [-0.39, 0.29) is 21.8 Å². The van der Waals surface area contributed by atoms with Gasteiger partial charge in [0.15, 0.2) is 0 Å². The Labute approximate surface area is 135 Å². The van der Waals surface area contributed by atoms with Crippen molar-refractivity contribution in [3.05, 3.63) is 57.2 Å². The SMILES string of the molecule is CC(=O)Nc1cc(C(=O)Nc2cc(Cl)c(=O)n(C)c2)ccc1F. The summed E-state index contributed by atoms with van der Waals surface area (Å²) in [5.41, 5.74) is -0.0318. The summed E-state index contributed by atoms with van der Waals surface area (Å²) in [5, 5.41) is 4.81. The highest BCUT2D eigenvalue weighted by atomic mass is 35.5. The Morgan fingerprint density at radius 3 is 2.52 bits per heavy atom. The molecule has 0 unspecified atom stereocenters. The number of aryl methyl sites for hydroxylation is 1. The predicted molar refractivity (Wildman–Crippen MR) is 85.3 cm³/mol. The average Bonchev–Trinajstić information content (AvgIpc) is 2.46. The van der Waals surface area contributed by atoms with Crippen LogP contribution in [0.3, 0.4) is 0 Å². The number of carbonyl (C=O) groups excluding carboxylic acids is 2. The molecule has 23 heavy (non-hydrogen) atoms. The Morgan fingerprint density at radius 1 is 1.22 bits per heavy atom. The predicted octanol–water partition coefficient (Wildman–Crippen LogP) is 2.39. The Hall–Kier alpha value is -2.67. The second-order valence-electron chi connectivity index (χ2n) is 4.82. The molecule has 0 atom stereocenters. The topological polar surface area (TPSA) is 80.2 Å². The molecule has 0 saturated carbocycles. The Morgan fingerprint density at radius 2 is 1.91 bits per heavy atom. The van der Waals surface area contributed by atoms with Gasteiger partial charge in [-0.3, -0.25) is 14.4 Å². The highest BCUT2D eigenvalue weighted by molar-refractivity contribution is 6.30. The Kier molecular flexibility index (Phi) is 4.80. The first-order valence-corrected chi connectivity index (χ1v) is 6.90. The molecule has 1 heterocycles. The van der Waals surface area contributed by atoms with Crippen molar-refractivity contribution in [2.24, 2.45) is 7.05 Å². The summed E-state index contributed by atoms with van der Waals surface area (Å²) >= 11 is 5.77. The fourth-order valence-electron chi connectivity index (χ4n) is 1.89. The Balaban J connectivity index is 2.27. The van der Waals surface area contributed by atoms with E-state index in [1.807, 2.05) is 0 Å². The van der Waals surface area contributed by atoms with Crippen LogP contribution in [-0.4, -0.2) is 16.4 Å². The van der Waals surface area contributed by atoms with Crippen LogP contribution >= 0.6 is 11.6 Å². The molecule has 6 nitrogen and oxygen atoms in total. The molecule has 1 aromatic heterocycles. The van der Waals surface area contributed by atoms with Gasteiger partial charge in [0.2, 0.25) is 5.91 Å². The first-order valence-electron chi connectivity index (χ1n) is 6.52. The van der Waals surface area contributed by atoms with Gasteiger partial charge < -0.3 is 15.2 Å². The number of pyridine rings is 1. The van der Waals surface area contributed by atoms with Crippen molar-refractivity contribution in [3.63, 3.8) is 0 Å². The quantitative estimate of drug-likeness (QED) is 0.902. The minimum atomic E-state index is -0.651. The van der Waals surface area contributed by atoms with Crippen LogP contribution < -0.4 is 16.2 Å². The maximum absolute atomic E-state index is 13.6. The number of aromatic nitrogens is 1. The Bertz CT molecular complexity index is 822. The number of hydrogen-bond donors (Lipinski definition) is 2. The van der Waals surface area contributed by atoms with E-state index < -0.39 is 17.6 Å². The molecule has 2 aromatic rings. The molecule has 0 aliphatic heterocycles. The molecule has 0 bridgehead atoms. The van der Waals surface area contributed by atoms with E-state index >= 15 is 0 Å². The summed E-state index contributed by atoms with van der Waals surface area (Å²) < 4.78 is 14.8.